The molecule has 0 saturated carbocycles. The van der Waals surface area contributed by atoms with Gasteiger partial charge in [0.05, 0.1) is 10.9 Å². The SMILES string of the molecule is CCc1c(OCc2ccccc2)cc(OCc2ccccc2)c(Br)c1CC(=O)NN. The quantitative estimate of drug-likeness (QED) is 0.271. The van der Waals surface area contributed by atoms with E-state index in [2.05, 4.69) is 21.4 Å². The minimum Gasteiger partial charge on any atom is -0.488 e. The van der Waals surface area contributed by atoms with Crippen LogP contribution in [0.3, 0.4) is 0 Å². The predicted molar refractivity (Wildman–Crippen MR) is 121 cm³/mol. The van der Waals surface area contributed by atoms with Gasteiger partial charge in [0, 0.05) is 6.07 Å². The molecule has 3 aromatic rings. The molecule has 0 aliphatic rings. The van der Waals surface area contributed by atoms with Gasteiger partial charge in [0.1, 0.15) is 24.7 Å². The Hall–Kier alpha value is -2.83. The van der Waals surface area contributed by atoms with Gasteiger partial charge >= 0.3 is 0 Å². The first-order valence-corrected chi connectivity index (χ1v) is 10.6. The molecule has 3 aromatic carbocycles. The third-order valence-corrected chi connectivity index (χ3v) is 5.60. The summed E-state index contributed by atoms with van der Waals surface area (Å²) < 4.78 is 13.0. The minimum atomic E-state index is -0.278. The lowest BCUT2D eigenvalue weighted by Crippen LogP contribution is -2.31. The van der Waals surface area contributed by atoms with Crippen molar-refractivity contribution in [3.63, 3.8) is 0 Å². The van der Waals surface area contributed by atoms with E-state index >= 15 is 0 Å². The molecular formula is C24H25BrN2O3. The number of hydrogen-bond donors (Lipinski definition) is 2. The zero-order valence-electron chi connectivity index (χ0n) is 16.9. The van der Waals surface area contributed by atoms with Crippen molar-refractivity contribution in [3.05, 3.63) is 93.5 Å². The Balaban J connectivity index is 1.93. The van der Waals surface area contributed by atoms with Gasteiger partial charge in [-0.25, -0.2) is 5.84 Å². The van der Waals surface area contributed by atoms with Crippen molar-refractivity contribution in [1.29, 1.82) is 0 Å². The maximum Gasteiger partial charge on any atom is 0.238 e. The molecule has 0 atom stereocenters. The van der Waals surface area contributed by atoms with Crippen molar-refractivity contribution in [2.24, 2.45) is 5.84 Å². The van der Waals surface area contributed by atoms with E-state index < -0.39 is 0 Å². The van der Waals surface area contributed by atoms with Gasteiger partial charge in [-0.15, -0.1) is 0 Å². The summed E-state index contributed by atoms with van der Waals surface area (Å²) in [7, 11) is 0. The van der Waals surface area contributed by atoms with Gasteiger partial charge < -0.3 is 9.47 Å². The largest absolute Gasteiger partial charge is 0.488 e. The Morgan fingerprint density at radius 1 is 0.900 bits per heavy atom. The number of amides is 1. The molecule has 0 heterocycles. The number of carbonyl (C=O) groups excluding carboxylic acids is 1. The molecule has 3 N–H and O–H groups in total. The van der Waals surface area contributed by atoms with E-state index in [0.29, 0.717) is 31.1 Å². The maximum atomic E-state index is 12.0. The summed E-state index contributed by atoms with van der Waals surface area (Å²) in [5.41, 5.74) is 6.09. The molecule has 3 rings (SSSR count). The summed E-state index contributed by atoms with van der Waals surface area (Å²) in [6, 6.07) is 21.8. The highest BCUT2D eigenvalue weighted by atomic mass is 79.9. The monoisotopic (exact) mass is 468 g/mol. The Kier molecular flexibility index (Phi) is 7.88. The summed E-state index contributed by atoms with van der Waals surface area (Å²) >= 11 is 3.63. The van der Waals surface area contributed by atoms with E-state index in [9.17, 15) is 4.79 Å². The number of ether oxygens (including phenoxy) is 2. The Labute approximate surface area is 185 Å². The number of halogens is 1. The first-order valence-electron chi connectivity index (χ1n) is 9.79. The second-order valence-corrected chi connectivity index (χ2v) is 7.58. The molecule has 0 bridgehead atoms. The van der Waals surface area contributed by atoms with Crippen LogP contribution in [0.15, 0.2) is 71.2 Å². The summed E-state index contributed by atoms with van der Waals surface area (Å²) in [6.45, 7) is 2.87. The fraction of sp³-hybridized carbons (Fsp3) is 0.208. The standard InChI is InChI=1S/C24H25BrN2O3/c1-2-19-20(13-23(28)27-26)24(25)22(30-16-18-11-7-4-8-12-18)14-21(19)29-15-17-9-5-3-6-10-17/h3-12,14H,2,13,15-16,26H2,1H3,(H,27,28). The first kappa shape index (κ1) is 21.9. The minimum absolute atomic E-state index is 0.129. The average Bonchev–Trinajstić information content (AvgIpc) is 2.79. The van der Waals surface area contributed by atoms with Crippen LogP contribution >= 0.6 is 15.9 Å². The van der Waals surface area contributed by atoms with Gasteiger partial charge in [-0.3, -0.25) is 10.2 Å². The van der Waals surface area contributed by atoms with Crippen molar-refractivity contribution in [1.82, 2.24) is 5.43 Å². The van der Waals surface area contributed by atoms with Crippen LogP contribution in [-0.4, -0.2) is 5.91 Å². The molecule has 30 heavy (non-hydrogen) atoms. The van der Waals surface area contributed by atoms with Crippen LogP contribution in [0, 0.1) is 0 Å². The smallest absolute Gasteiger partial charge is 0.238 e. The molecule has 0 spiro atoms. The van der Waals surface area contributed by atoms with Gasteiger partial charge in [-0.05, 0) is 44.6 Å². The van der Waals surface area contributed by atoms with Crippen LogP contribution < -0.4 is 20.7 Å². The Morgan fingerprint density at radius 3 is 1.93 bits per heavy atom. The highest BCUT2D eigenvalue weighted by Gasteiger charge is 2.20. The van der Waals surface area contributed by atoms with E-state index in [1.54, 1.807) is 0 Å². The third-order valence-electron chi connectivity index (χ3n) is 4.73. The molecule has 1 amide bonds. The number of nitrogens with two attached hydrogens (primary N) is 1. The third kappa shape index (κ3) is 5.62. The predicted octanol–water partition coefficient (Wildman–Crippen LogP) is 4.70. The van der Waals surface area contributed by atoms with Crippen LogP contribution in [0.2, 0.25) is 0 Å². The normalized spacial score (nSPS) is 10.5. The van der Waals surface area contributed by atoms with Crippen molar-refractivity contribution in [3.8, 4) is 11.5 Å². The molecule has 0 fully saturated rings. The topological polar surface area (TPSA) is 73.6 Å². The van der Waals surface area contributed by atoms with Crippen molar-refractivity contribution in [2.75, 3.05) is 0 Å². The van der Waals surface area contributed by atoms with Gasteiger partial charge in [-0.2, -0.15) is 0 Å². The molecule has 0 aliphatic carbocycles. The zero-order chi connectivity index (χ0) is 21.3. The van der Waals surface area contributed by atoms with E-state index in [4.69, 9.17) is 15.3 Å². The van der Waals surface area contributed by atoms with Crippen LogP contribution in [-0.2, 0) is 30.8 Å². The van der Waals surface area contributed by atoms with Crippen LogP contribution in [0.25, 0.3) is 0 Å². The van der Waals surface area contributed by atoms with E-state index in [1.807, 2.05) is 73.7 Å². The lowest BCUT2D eigenvalue weighted by atomic mass is 10.00. The Bertz CT molecular complexity index is 979. The van der Waals surface area contributed by atoms with Crippen LogP contribution in [0.5, 0.6) is 11.5 Å². The highest BCUT2D eigenvalue weighted by Crippen LogP contribution is 2.39. The lowest BCUT2D eigenvalue weighted by molar-refractivity contribution is -0.120. The number of nitrogens with one attached hydrogen (secondary N) is 1. The first-order chi connectivity index (χ1) is 14.6. The Morgan fingerprint density at radius 2 is 1.43 bits per heavy atom. The number of rotatable bonds is 9. The lowest BCUT2D eigenvalue weighted by Gasteiger charge is -2.20. The molecule has 0 saturated heterocycles. The molecule has 0 aromatic heterocycles. The maximum absolute atomic E-state index is 12.0. The summed E-state index contributed by atoms with van der Waals surface area (Å²) in [5.74, 6) is 6.38. The second kappa shape index (κ2) is 10.8. The van der Waals surface area contributed by atoms with Gasteiger partial charge in [0.25, 0.3) is 0 Å². The molecule has 156 valence electrons. The van der Waals surface area contributed by atoms with Gasteiger partial charge in [0.15, 0.2) is 0 Å². The van der Waals surface area contributed by atoms with E-state index in [1.165, 1.54) is 0 Å². The number of hydrogen-bond acceptors (Lipinski definition) is 4. The van der Waals surface area contributed by atoms with Crippen molar-refractivity contribution in [2.45, 2.75) is 33.0 Å². The van der Waals surface area contributed by atoms with E-state index in [-0.39, 0.29) is 12.3 Å². The highest BCUT2D eigenvalue weighted by molar-refractivity contribution is 9.10. The van der Waals surface area contributed by atoms with Gasteiger partial charge in [0.2, 0.25) is 5.91 Å². The van der Waals surface area contributed by atoms with Crippen molar-refractivity contribution < 1.29 is 14.3 Å². The summed E-state index contributed by atoms with van der Waals surface area (Å²) in [4.78, 5) is 12.0. The molecule has 0 radical (unpaired) electrons. The fourth-order valence-corrected chi connectivity index (χ4v) is 3.80. The molecule has 5 nitrogen and oxygen atoms in total. The fourth-order valence-electron chi connectivity index (χ4n) is 3.19. The number of carbonyl (C=O) groups is 1. The summed E-state index contributed by atoms with van der Waals surface area (Å²) in [5, 5.41) is 0. The summed E-state index contributed by atoms with van der Waals surface area (Å²) in [6.07, 6.45) is 0.833. The number of benzene rings is 3. The molecule has 0 aliphatic heterocycles. The molecular weight excluding hydrogens is 444 g/mol. The van der Waals surface area contributed by atoms with Gasteiger partial charge in [-0.1, -0.05) is 67.6 Å². The van der Waals surface area contributed by atoms with Crippen LogP contribution in [0.4, 0.5) is 0 Å². The second-order valence-electron chi connectivity index (χ2n) is 6.79. The van der Waals surface area contributed by atoms with E-state index in [0.717, 1.165) is 26.7 Å². The van der Waals surface area contributed by atoms with Crippen molar-refractivity contribution >= 4 is 21.8 Å². The molecule has 6 heteroatoms. The zero-order valence-corrected chi connectivity index (χ0v) is 18.4. The molecule has 0 unspecified atom stereocenters. The average molecular weight is 469 g/mol. The van der Waals surface area contributed by atoms with Crippen LogP contribution in [0.1, 0.15) is 29.2 Å². The number of hydrazine groups is 1.